The molecule has 528 valence electrons. The van der Waals surface area contributed by atoms with Crippen molar-refractivity contribution in [3.63, 3.8) is 0 Å². The summed E-state index contributed by atoms with van der Waals surface area (Å²) in [6.45, 7) is 8.71. The summed E-state index contributed by atoms with van der Waals surface area (Å²) in [5.74, 6) is 5.59. The van der Waals surface area contributed by atoms with E-state index in [1.165, 1.54) is 74.9 Å². The maximum absolute atomic E-state index is 13.7. The number of nitrogens with one attached hydrogen (secondary N) is 8. The average Bonchev–Trinajstić information content (AvgIpc) is 1.64. The summed E-state index contributed by atoms with van der Waals surface area (Å²) in [6.07, 6.45) is 11.4. The van der Waals surface area contributed by atoms with Crippen molar-refractivity contribution in [2.45, 2.75) is 105 Å². The van der Waals surface area contributed by atoms with Gasteiger partial charge in [-0.1, -0.05) is 32.0 Å². The standard InChI is InChI=1S/C21H19F2N5.C20H18FN5.C20H20FN5.C19H16FN5/c1-21(22,23)15-4-2-3-13(10-15)19-16-11-14(7-8-17(16)25-27-19)20-24-18(26-28-20)9-12-5-6-12;1-11-8-13(4-6-16(11)21)19-15-10-14(5-7-17(15)23-25-19)20-22-18(24-26-20)9-12-2-3-12;1-11(2)8-18-22-20(26-24-18)14-5-7-17-15(10-14)19(25-23-17)13-4-6-16(21)12(3)9-13;20-14-6-3-12(4-7-14)18-15-10-13(5-8-16(15)22-24-18)19-21-17(23-25-19)9-11-1-2-11/h2-4,7-8,10-12H,5-6,9H2,1H3,(H,25,27)(H,24,26,28);4-8,10,12H,2-3,9H2,1H3,(H,23,25)(H,22,24,26);4-7,9-11H,8H2,1-3H3,(H,23,25)(H,22,24,26);3-8,10-11H,1-2,9H2,(H,22,24)(H,21,23,25). The SMILES string of the molecule is CC(F)(F)c1cccc(-c2n[nH]c3ccc(-c4n[nH]c(CC5CC5)n4)cc23)c1.Cc1cc(-c2n[nH]c3ccc(-c4n[nH]c(CC(C)C)n4)cc23)ccc1F.Cc1cc(-c2n[nH]c3ccc(-c4n[nH]c(CC5CC5)n4)cc23)ccc1F.Fc1ccc(-c2n[nH]c3ccc(-c4n[nH]c(CC5CC5)n4)cc23)cc1. The van der Waals surface area contributed by atoms with E-state index in [4.69, 9.17) is 0 Å². The van der Waals surface area contributed by atoms with Gasteiger partial charge in [-0.25, -0.2) is 41.9 Å². The van der Waals surface area contributed by atoms with Crippen LogP contribution in [0.2, 0.25) is 0 Å². The Labute approximate surface area is 598 Å². The lowest BCUT2D eigenvalue weighted by atomic mass is 10.0. The molecule has 8 aromatic carbocycles. The van der Waals surface area contributed by atoms with Crippen molar-refractivity contribution in [2.24, 2.45) is 23.7 Å². The third kappa shape index (κ3) is 15.2. The van der Waals surface area contributed by atoms with E-state index in [1.807, 2.05) is 84.9 Å². The first-order valence-electron chi connectivity index (χ1n) is 35.3. The minimum atomic E-state index is -2.90. The quantitative estimate of drug-likeness (QED) is 0.0395. The lowest BCUT2D eigenvalue weighted by molar-refractivity contribution is 0.0175. The van der Waals surface area contributed by atoms with Crippen molar-refractivity contribution < 1.29 is 22.0 Å². The molecule has 0 unspecified atom stereocenters. The summed E-state index contributed by atoms with van der Waals surface area (Å²) < 4.78 is 67.8. The number of halogens is 5. The highest BCUT2D eigenvalue weighted by Crippen LogP contribution is 2.39. The lowest BCUT2D eigenvalue weighted by Crippen LogP contribution is -2.06. The molecule has 0 bridgehead atoms. The molecule has 0 amide bonds. The Morgan fingerprint density at radius 2 is 0.686 bits per heavy atom. The third-order valence-corrected chi connectivity index (χ3v) is 19.2. The van der Waals surface area contributed by atoms with Crippen molar-refractivity contribution in [2.75, 3.05) is 0 Å². The van der Waals surface area contributed by atoms with Crippen molar-refractivity contribution in [3.8, 4) is 90.6 Å². The summed E-state index contributed by atoms with van der Waals surface area (Å²) in [6, 6.07) is 46.5. The van der Waals surface area contributed by atoms with Gasteiger partial charge in [-0.05, 0) is 227 Å². The van der Waals surface area contributed by atoms with Crippen molar-refractivity contribution in [3.05, 3.63) is 215 Å². The number of aromatic amines is 8. The smallest absolute Gasteiger partial charge is 0.270 e. The molecule has 8 aromatic heterocycles. The van der Waals surface area contributed by atoms with Gasteiger partial charge in [0.05, 0.1) is 44.8 Å². The molecule has 8 heterocycles. The second-order valence-corrected chi connectivity index (χ2v) is 28.2. The van der Waals surface area contributed by atoms with Gasteiger partial charge >= 0.3 is 0 Å². The Hall–Kier alpha value is -12.2. The molecule has 16 aromatic rings. The summed E-state index contributed by atoms with van der Waals surface area (Å²) in [7, 11) is 0. The van der Waals surface area contributed by atoms with Crippen LogP contribution >= 0.6 is 0 Å². The van der Waals surface area contributed by atoms with Crippen molar-refractivity contribution in [1.29, 1.82) is 0 Å². The van der Waals surface area contributed by atoms with E-state index in [1.54, 1.807) is 50.2 Å². The van der Waals surface area contributed by atoms with Crippen LogP contribution in [-0.4, -0.2) is 102 Å². The summed E-state index contributed by atoms with van der Waals surface area (Å²) >= 11 is 0. The molecule has 0 radical (unpaired) electrons. The Balaban J connectivity index is 0.000000108. The molecule has 3 aliphatic carbocycles. The highest BCUT2D eigenvalue weighted by atomic mass is 19.3. The predicted molar refractivity (Wildman–Crippen MR) is 394 cm³/mol. The number of hydrogen-bond acceptors (Lipinski definition) is 12. The fourth-order valence-electron chi connectivity index (χ4n) is 12.9. The highest BCUT2D eigenvalue weighted by Gasteiger charge is 2.28. The molecule has 3 aliphatic rings. The summed E-state index contributed by atoms with van der Waals surface area (Å²) in [5.41, 5.74) is 14.8. The van der Waals surface area contributed by atoms with Crippen LogP contribution in [0.25, 0.3) is 134 Å². The van der Waals surface area contributed by atoms with Crippen molar-refractivity contribution >= 4 is 43.6 Å². The van der Waals surface area contributed by atoms with E-state index < -0.39 is 5.92 Å². The topological polar surface area (TPSA) is 281 Å². The number of alkyl halides is 2. The molecule has 25 heteroatoms. The van der Waals surface area contributed by atoms with Crippen LogP contribution < -0.4 is 0 Å². The van der Waals surface area contributed by atoms with Gasteiger partial charge < -0.3 is 0 Å². The predicted octanol–water partition coefficient (Wildman–Crippen LogP) is 18.3. The van der Waals surface area contributed by atoms with E-state index in [9.17, 15) is 22.0 Å². The number of aryl methyl sites for hydroxylation is 2. The largest absolute Gasteiger partial charge is 0.277 e. The van der Waals surface area contributed by atoms with Crippen LogP contribution in [0.5, 0.6) is 0 Å². The second-order valence-electron chi connectivity index (χ2n) is 28.2. The first kappa shape index (κ1) is 67.3. The highest BCUT2D eigenvalue weighted by molar-refractivity contribution is 5.98. The van der Waals surface area contributed by atoms with Crippen LogP contribution in [0.4, 0.5) is 22.0 Å². The molecular formula is C80H73F5N20. The monoisotopic (exact) mass is 1410 g/mol. The van der Waals surface area contributed by atoms with Gasteiger partial charge in [0.25, 0.3) is 5.92 Å². The Morgan fingerprint density at radius 1 is 0.362 bits per heavy atom. The average molecular weight is 1410 g/mol. The third-order valence-electron chi connectivity index (χ3n) is 19.2. The fourth-order valence-corrected chi connectivity index (χ4v) is 12.9. The minimum absolute atomic E-state index is 0.0315. The zero-order valence-electron chi connectivity index (χ0n) is 58.1. The minimum Gasteiger partial charge on any atom is -0.277 e. The van der Waals surface area contributed by atoms with Crippen LogP contribution in [0.1, 0.15) is 99.3 Å². The molecule has 0 spiro atoms. The molecular weight excluding hydrogens is 1340 g/mol. The van der Waals surface area contributed by atoms with Gasteiger partial charge in [-0.15, -0.1) is 0 Å². The maximum Gasteiger partial charge on any atom is 0.270 e. The van der Waals surface area contributed by atoms with E-state index in [0.29, 0.717) is 51.6 Å². The second kappa shape index (κ2) is 28.2. The molecule has 3 saturated carbocycles. The molecule has 105 heavy (non-hydrogen) atoms. The number of H-pyrrole nitrogens is 8. The first-order chi connectivity index (χ1) is 50.9. The first-order valence-corrected chi connectivity index (χ1v) is 35.3. The Bertz CT molecular complexity index is 5620. The number of nitrogens with zero attached hydrogens (tertiary/aromatic N) is 12. The van der Waals surface area contributed by atoms with Gasteiger partial charge in [-0.2, -0.15) is 40.8 Å². The Morgan fingerprint density at radius 3 is 1.03 bits per heavy atom. The van der Waals surface area contributed by atoms with Gasteiger partial charge in [-0.3, -0.25) is 40.8 Å². The molecule has 8 N–H and O–H groups in total. The Kier molecular flexibility index (Phi) is 18.1. The molecule has 3 fully saturated rings. The van der Waals surface area contributed by atoms with E-state index in [2.05, 4.69) is 115 Å². The van der Waals surface area contributed by atoms with Crippen LogP contribution in [0.3, 0.4) is 0 Å². The van der Waals surface area contributed by atoms with Crippen LogP contribution in [0.15, 0.2) is 158 Å². The molecule has 19 rings (SSSR count). The van der Waals surface area contributed by atoms with E-state index >= 15 is 0 Å². The molecule has 0 aliphatic heterocycles. The summed E-state index contributed by atoms with van der Waals surface area (Å²) in [4.78, 5) is 18.4. The number of fused-ring (bicyclic) bond motifs is 4. The van der Waals surface area contributed by atoms with Gasteiger partial charge in [0.1, 0.15) is 40.7 Å². The van der Waals surface area contributed by atoms with E-state index in [-0.39, 0.29) is 23.0 Å². The van der Waals surface area contributed by atoms with Crippen LogP contribution in [-0.2, 0) is 31.6 Å². The molecule has 0 saturated heterocycles. The zero-order chi connectivity index (χ0) is 72.0. The molecule has 0 atom stereocenters. The zero-order valence-corrected chi connectivity index (χ0v) is 58.1. The normalized spacial score (nSPS) is 13.7. The van der Waals surface area contributed by atoms with Gasteiger partial charge in [0.2, 0.25) is 0 Å². The fraction of sp³-hybridized carbons (Fsp3) is 0.250. The van der Waals surface area contributed by atoms with Gasteiger partial charge in [0.15, 0.2) is 23.3 Å². The maximum atomic E-state index is 13.7. The number of aromatic nitrogens is 20. The number of benzene rings is 8. The van der Waals surface area contributed by atoms with Crippen LogP contribution in [0, 0.1) is 55.0 Å². The van der Waals surface area contributed by atoms with Crippen molar-refractivity contribution in [1.82, 2.24) is 102 Å². The van der Waals surface area contributed by atoms with Gasteiger partial charge in [0, 0.05) is 104 Å². The lowest BCUT2D eigenvalue weighted by Gasteiger charge is -2.11. The summed E-state index contributed by atoms with van der Waals surface area (Å²) in [5, 5.41) is 63.0. The number of rotatable bonds is 17. The van der Waals surface area contributed by atoms with E-state index in [0.717, 1.165) is 173 Å². The molecule has 20 nitrogen and oxygen atoms in total. The number of hydrogen-bond donors (Lipinski definition) is 8.